The Kier molecular flexibility index (Phi) is 5.46. The average Bonchev–Trinajstić information content (AvgIpc) is 3.15. The van der Waals surface area contributed by atoms with Crippen LogP contribution in [0.5, 0.6) is 0 Å². The Morgan fingerprint density at radius 2 is 1.71 bits per heavy atom. The van der Waals surface area contributed by atoms with Crippen LogP contribution < -0.4 is 10.6 Å². The molecule has 1 unspecified atom stereocenters. The maximum atomic E-state index is 12.6. The molecule has 0 spiro atoms. The topological polar surface area (TPSA) is 97.1 Å². The van der Waals surface area contributed by atoms with Gasteiger partial charge in [-0.05, 0) is 87.5 Å². The van der Waals surface area contributed by atoms with Crippen molar-refractivity contribution in [3.8, 4) is 11.5 Å². The highest BCUT2D eigenvalue weighted by Gasteiger charge is 2.51. The highest BCUT2D eigenvalue weighted by molar-refractivity contribution is 8.00. The van der Waals surface area contributed by atoms with Gasteiger partial charge in [-0.2, -0.15) is 0 Å². The van der Waals surface area contributed by atoms with E-state index in [1.165, 1.54) is 19.3 Å². The molecule has 4 bridgehead atoms. The van der Waals surface area contributed by atoms with Crippen LogP contribution in [-0.4, -0.2) is 32.9 Å². The number of amides is 3. The van der Waals surface area contributed by atoms with Crippen LogP contribution in [-0.2, 0) is 4.79 Å². The first kappa shape index (κ1) is 20.8. The van der Waals surface area contributed by atoms with Crippen LogP contribution >= 0.6 is 23.4 Å². The Labute approximate surface area is 190 Å². The number of rotatable bonds is 5. The fraction of sp³-hybridized carbons (Fsp3) is 0.545. The third-order valence-corrected chi connectivity index (χ3v) is 7.98. The minimum absolute atomic E-state index is 0.130. The van der Waals surface area contributed by atoms with Gasteiger partial charge in [0.2, 0.25) is 11.8 Å². The predicted molar refractivity (Wildman–Crippen MR) is 118 cm³/mol. The number of halogens is 1. The summed E-state index contributed by atoms with van der Waals surface area (Å²) in [5.41, 5.74) is 0.617. The summed E-state index contributed by atoms with van der Waals surface area (Å²) in [7, 11) is 0. The monoisotopic (exact) mass is 460 g/mol. The largest absolute Gasteiger partial charge is 0.411 e. The molecule has 1 aromatic carbocycles. The van der Waals surface area contributed by atoms with E-state index >= 15 is 0 Å². The van der Waals surface area contributed by atoms with E-state index < -0.39 is 11.3 Å². The SMILES string of the molecule is CC(Sc1nnc(-c2ccc(Cl)cc2)o1)C(=O)NC(=O)NC12CC3CC(CC(C3)C1)C2. The zero-order valence-electron chi connectivity index (χ0n) is 17.3. The normalized spacial score (nSPS) is 29.5. The van der Waals surface area contributed by atoms with Crippen LogP contribution in [0.1, 0.15) is 45.4 Å². The van der Waals surface area contributed by atoms with E-state index in [1.807, 2.05) is 0 Å². The molecule has 0 radical (unpaired) electrons. The number of nitrogens with zero attached hydrogens (tertiary/aromatic N) is 2. The molecule has 4 aliphatic carbocycles. The van der Waals surface area contributed by atoms with E-state index in [9.17, 15) is 9.59 Å². The fourth-order valence-corrected chi connectivity index (χ4v) is 6.73. The summed E-state index contributed by atoms with van der Waals surface area (Å²) in [6.07, 6.45) is 7.03. The Balaban J connectivity index is 1.16. The Morgan fingerprint density at radius 1 is 1.10 bits per heavy atom. The minimum Gasteiger partial charge on any atom is -0.411 e. The second kappa shape index (κ2) is 8.13. The van der Waals surface area contributed by atoms with Gasteiger partial charge in [0, 0.05) is 16.1 Å². The highest BCUT2D eigenvalue weighted by atomic mass is 35.5. The van der Waals surface area contributed by atoms with Crippen molar-refractivity contribution in [2.75, 3.05) is 0 Å². The average molecular weight is 461 g/mol. The number of aromatic nitrogens is 2. The lowest BCUT2D eigenvalue weighted by Gasteiger charge is -2.56. The molecule has 3 amide bonds. The number of benzene rings is 1. The van der Waals surface area contributed by atoms with Gasteiger partial charge < -0.3 is 9.73 Å². The van der Waals surface area contributed by atoms with Gasteiger partial charge in [-0.3, -0.25) is 10.1 Å². The molecular weight excluding hydrogens is 436 g/mol. The van der Waals surface area contributed by atoms with Crippen LogP contribution in [0, 0.1) is 17.8 Å². The van der Waals surface area contributed by atoms with E-state index in [0.29, 0.717) is 10.9 Å². The van der Waals surface area contributed by atoms with Crippen molar-refractivity contribution in [3.05, 3.63) is 29.3 Å². The van der Waals surface area contributed by atoms with Gasteiger partial charge in [-0.15, -0.1) is 10.2 Å². The van der Waals surface area contributed by atoms with E-state index in [0.717, 1.165) is 54.3 Å². The minimum atomic E-state index is -0.555. The first-order valence-corrected chi connectivity index (χ1v) is 12.0. The predicted octanol–water partition coefficient (Wildman–Crippen LogP) is 4.67. The number of nitrogens with one attached hydrogen (secondary N) is 2. The van der Waals surface area contributed by atoms with Crippen molar-refractivity contribution in [2.45, 2.75) is 61.5 Å². The summed E-state index contributed by atoms with van der Waals surface area (Å²) < 4.78 is 5.64. The van der Waals surface area contributed by atoms with Crippen molar-refractivity contribution in [2.24, 2.45) is 17.8 Å². The molecular formula is C22H25ClN4O3S. The Morgan fingerprint density at radius 3 is 2.32 bits per heavy atom. The first-order valence-electron chi connectivity index (χ1n) is 10.8. The lowest BCUT2D eigenvalue weighted by molar-refractivity contribution is -0.119. The van der Waals surface area contributed by atoms with Gasteiger partial charge in [-0.25, -0.2) is 4.79 Å². The molecule has 2 aromatic rings. The van der Waals surface area contributed by atoms with Gasteiger partial charge >= 0.3 is 6.03 Å². The molecule has 7 nitrogen and oxygen atoms in total. The summed E-state index contributed by atoms with van der Waals surface area (Å²) in [4.78, 5) is 25.2. The number of imide groups is 1. The van der Waals surface area contributed by atoms with Crippen molar-refractivity contribution in [3.63, 3.8) is 0 Å². The van der Waals surface area contributed by atoms with Crippen LogP contribution in [0.25, 0.3) is 11.5 Å². The second-order valence-corrected chi connectivity index (χ2v) is 11.0. The highest BCUT2D eigenvalue weighted by Crippen LogP contribution is 2.55. The van der Waals surface area contributed by atoms with Gasteiger partial charge in [0.05, 0.1) is 5.25 Å². The summed E-state index contributed by atoms with van der Waals surface area (Å²) in [6, 6.07) is 6.66. The van der Waals surface area contributed by atoms with Crippen LogP contribution in [0.4, 0.5) is 4.79 Å². The quantitative estimate of drug-likeness (QED) is 0.629. The molecule has 4 aliphatic rings. The number of urea groups is 1. The third-order valence-electron chi connectivity index (χ3n) is 6.80. The summed E-state index contributed by atoms with van der Waals surface area (Å²) in [5, 5.41) is 14.0. The lowest BCUT2D eigenvalue weighted by Crippen LogP contribution is -2.62. The van der Waals surface area contributed by atoms with E-state index in [1.54, 1.807) is 31.2 Å². The Bertz CT molecular complexity index is 958. The zero-order valence-corrected chi connectivity index (χ0v) is 18.8. The molecule has 9 heteroatoms. The number of hydrogen-bond donors (Lipinski definition) is 2. The van der Waals surface area contributed by atoms with Crippen LogP contribution in [0.3, 0.4) is 0 Å². The van der Waals surface area contributed by atoms with Crippen molar-refractivity contribution >= 4 is 35.3 Å². The van der Waals surface area contributed by atoms with Crippen molar-refractivity contribution < 1.29 is 14.0 Å². The molecule has 4 fully saturated rings. The second-order valence-electron chi connectivity index (χ2n) is 9.28. The molecule has 1 heterocycles. The van der Waals surface area contributed by atoms with Crippen molar-refractivity contribution in [1.29, 1.82) is 0 Å². The van der Waals surface area contributed by atoms with Crippen LogP contribution in [0.15, 0.2) is 33.9 Å². The van der Waals surface area contributed by atoms with Gasteiger partial charge in [0.1, 0.15) is 0 Å². The number of hydrogen-bond acceptors (Lipinski definition) is 6. The molecule has 4 saturated carbocycles. The van der Waals surface area contributed by atoms with Crippen LogP contribution in [0.2, 0.25) is 5.02 Å². The van der Waals surface area contributed by atoms with E-state index in [4.69, 9.17) is 16.0 Å². The molecule has 0 aliphatic heterocycles. The lowest BCUT2D eigenvalue weighted by atomic mass is 9.53. The van der Waals surface area contributed by atoms with Gasteiger partial charge in [-0.1, -0.05) is 23.4 Å². The standard InChI is InChI=1S/C22H25ClN4O3S/c1-12(31-21-27-26-19(30-21)16-2-4-17(23)5-3-16)18(28)24-20(29)25-22-9-13-6-14(10-22)8-15(7-13)11-22/h2-5,12-15H,6-11H2,1H3,(H2,24,25,28,29). The smallest absolute Gasteiger partial charge is 0.321 e. The molecule has 164 valence electrons. The van der Waals surface area contributed by atoms with Gasteiger partial charge in [0.25, 0.3) is 5.22 Å². The maximum Gasteiger partial charge on any atom is 0.321 e. The number of thioether (sulfide) groups is 1. The molecule has 1 aromatic heterocycles. The fourth-order valence-electron chi connectivity index (χ4n) is 5.92. The van der Waals surface area contributed by atoms with Gasteiger partial charge in [0.15, 0.2) is 0 Å². The third kappa shape index (κ3) is 4.46. The Hall–Kier alpha value is -2.06. The maximum absolute atomic E-state index is 12.6. The summed E-state index contributed by atoms with van der Waals surface area (Å²) in [6.45, 7) is 1.71. The van der Waals surface area contributed by atoms with Crippen molar-refractivity contribution in [1.82, 2.24) is 20.8 Å². The zero-order chi connectivity index (χ0) is 21.6. The molecule has 0 saturated heterocycles. The summed E-state index contributed by atoms with van der Waals surface area (Å²) >= 11 is 7.02. The first-order chi connectivity index (χ1) is 14.9. The molecule has 1 atom stereocenters. The molecule has 31 heavy (non-hydrogen) atoms. The summed E-state index contributed by atoms with van der Waals surface area (Å²) in [5.74, 6) is 2.15. The number of carbonyl (C=O) groups is 2. The number of carbonyl (C=O) groups excluding carboxylic acids is 2. The van der Waals surface area contributed by atoms with E-state index in [-0.39, 0.29) is 16.7 Å². The molecule has 6 rings (SSSR count). The van der Waals surface area contributed by atoms with E-state index in [2.05, 4.69) is 20.8 Å². The molecule has 2 N–H and O–H groups in total.